The number of anilines is 1. The normalized spacial score (nSPS) is 10.8. The molecule has 2 N–H and O–H groups in total. The zero-order valence-corrected chi connectivity index (χ0v) is 18.6. The quantitative estimate of drug-likeness (QED) is 0.399. The van der Waals surface area contributed by atoms with Gasteiger partial charge in [0.15, 0.2) is 0 Å². The second-order valence-corrected chi connectivity index (χ2v) is 7.78. The van der Waals surface area contributed by atoms with Crippen molar-refractivity contribution in [3.05, 3.63) is 70.0 Å². The Bertz CT molecular complexity index is 1310. The lowest BCUT2D eigenvalue weighted by molar-refractivity contribution is -0.120. The number of nitrogens with zero attached hydrogens (tertiary/aromatic N) is 3. The molecule has 0 aliphatic carbocycles. The first-order valence-corrected chi connectivity index (χ1v) is 11.2. The second-order valence-electron chi connectivity index (χ2n) is 6.93. The Morgan fingerprint density at radius 3 is 2.69 bits per heavy atom. The fourth-order valence-electron chi connectivity index (χ4n) is 3.33. The molecule has 1 amide bonds. The molecule has 0 fully saturated rings. The van der Waals surface area contributed by atoms with Crippen molar-refractivity contribution in [3.8, 4) is 16.3 Å². The smallest absolute Gasteiger partial charge is 0.262 e. The van der Waals surface area contributed by atoms with Gasteiger partial charge in [0.05, 0.1) is 35.2 Å². The number of carbonyl (C=O) groups excluding carboxylic acids is 1. The lowest BCUT2D eigenvalue weighted by atomic mass is 10.2. The summed E-state index contributed by atoms with van der Waals surface area (Å²) in [5.41, 5.74) is 7.37. The highest BCUT2D eigenvalue weighted by atomic mass is 32.1. The average molecular weight is 450 g/mol. The van der Waals surface area contributed by atoms with Crippen LogP contribution in [0.3, 0.4) is 0 Å². The predicted octanol–water partition coefficient (Wildman–Crippen LogP) is 3.62. The summed E-state index contributed by atoms with van der Waals surface area (Å²) in [6, 6.07) is 14.8. The number of ether oxygens (including phenoxy) is 1. The first-order chi connectivity index (χ1) is 15.6. The summed E-state index contributed by atoms with van der Waals surface area (Å²) in [5.74, 6) is 0.765. The lowest BCUT2D eigenvalue weighted by Crippen LogP contribution is -2.35. The molecule has 0 aliphatic heterocycles. The van der Waals surface area contributed by atoms with Crippen LogP contribution >= 0.6 is 11.3 Å². The fraction of sp³-hybridized carbons (Fsp3) is 0.217. The number of benzene rings is 2. The number of hydrazine groups is 1. The minimum atomic E-state index is -0.287. The Balaban J connectivity index is 1.46. The molecular weight excluding hydrogens is 426 g/mol. The molecule has 164 valence electrons. The van der Waals surface area contributed by atoms with Gasteiger partial charge in [-0.1, -0.05) is 24.3 Å². The molecule has 4 aromatic rings. The third-order valence-electron chi connectivity index (χ3n) is 4.80. The number of carbonyl (C=O) groups is 1. The van der Waals surface area contributed by atoms with Gasteiger partial charge in [-0.05, 0) is 38.1 Å². The van der Waals surface area contributed by atoms with Crippen molar-refractivity contribution in [2.24, 2.45) is 0 Å². The van der Waals surface area contributed by atoms with Crippen LogP contribution in [0.15, 0.2) is 58.7 Å². The number of fused-ring (bicyclic) bond motifs is 1. The fourth-order valence-corrected chi connectivity index (χ4v) is 4.18. The van der Waals surface area contributed by atoms with Crippen LogP contribution < -0.4 is 21.1 Å². The maximum absolute atomic E-state index is 12.7. The number of aromatic nitrogens is 3. The Morgan fingerprint density at radius 1 is 1.09 bits per heavy atom. The van der Waals surface area contributed by atoms with Crippen LogP contribution in [-0.4, -0.2) is 27.0 Å². The van der Waals surface area contributed by atoms with Gasteiger partial charge in [0.2, 0.25) is 11.9 Å². The van der Waals surface area contributed by atoms with Crippen molar-refractivity contribution < 1.29 is 9.53 Å². The van der Waals surface area contributed by atoms with Gasteiger partial charge in [-0.15, -0.1) is 11.3 Å². The van der Waals surface area contributed by atoms with Crippen LogP contribution in [0.4, 0.5) is 5.95 Å². The zero-order valence-electron chi connectivity index (χ0n) is 17.8. The minimum Gasteiger partial charge on any atom is -0.493 e. The van der Waals surface area contributed by atoms with E-state index >= 15 is 0 Å². The van der Waals surface area contributed by atoms with E-state index < -0.39 is 0 Å². The van der Waals surface area contributed by atoms with Crippen LogP contribution in [-0.2, 0) is 17.8 Å². The highest BCUT2D eigenvalue weighted by Gasteiger charge is 2.14. The molecule has 0 aliphatic rings. The zero-order chi connectivity index (χ0) is 22.5. The van der Waals surface area contributed by atoms with E-state index in [1.54, 1.807) is 18.2 Å². The number of amides is 1. The van der Waals surface area contributed by atoms with Crippen molar-refractivity contribution in [2.75, 3.05) is 12.0 Å². The maximum Gasteiger partial charge on any atom is 0.262 e. The molecule has 2 aromatic carbocycles. The SMILES string of the molecule is CCOc1ccccc1-c1nc(CC(=O)NNc2nc3ccccc3c(=O)n2CC)cs1. The van der Waals surface area contributed by atoms with Gasteiger partial charge in [-0.25, -0.2) is 9.97 Å². The first kappa shape index (κ1) is 21.5. The van der Waals surface area contributed by atoms with Crippen molar-refractivity contribution >= 4 is 34.1 Å². The minimum absolute atomic E-state index is 0.0875. The molecule has 0 saturated heterocycles. The standard InChI is InChI=1S/C23H23N5O3S/c1-3-28-22(30)16-9-5-7-11-18(16)25-23(28)27-26-20(29)13-15-14-32-21(24-15)17-10-6-8-12-19(17)31-4-2/h5-12,14H,3-4,13H2,1-2H3,(H,25,27)(H,26,29). The van der Waals surface area contributed by atoms with Gasteiger partial charge in [0.1, 0.15) is 10.8 Å². The Morgan fingerprint density at radius 2 is 1.88 bits per heavy atom. The number of nitrogens with one attached hydrogen (secondary N) is 2. The van der Waals surface area contributed by atoms with Crippen molar-refractivity contribution in [1.82, 2.24) is 20.0 Å². The largest absolute Gasteiger partial charge is 0.493 e. The molecule has 0 atom stereocenters. The lowest BCUT2D eigenvalue weighted by Gasteiger charge is -2.13. The van der Waals surface area contributed by atoms with Gasteiger partial charge in [-0.2, -0.15) is 0 Å². The molecule has 8 nitrogen and oxygen atoms in total. The number of para-hydroxylation sites is 2. The van der Waals surface area contributed by atoms with Gasteiger partial charge in [-0.3, -0.25) is 25.0 Å². The van der Waals surface area contributed by atoms with Crippen molar-refractivity contribution in [3.63, 3.8) is 0 Å². The number of hydrogen-bond donors (Lipinski definition) is 2. The molecule has 0 spiro atoms. The number of hydrogen-bond acceptors (Lipinski definition) is 7. The van der Waals surface area contributed by atoms with Gasteiger partial charge < -0.3 is 4.74 Å². The first-order valence-electron chi connectivity index (χ1n) is 10.3. The van der Waals surface area contributed by atoms with E-state index in [1.165, 1.54) is 15.9 Å². The third kappa shape index (κ3) is 4.47. The second kappa shape index (κ2) is 9.61. The topological polar surface area (TPSA) is 98.1 Å². The molecule has 0 saturated carbocycles. The average Bonchev–Trinajstić information content (AvgIpc) is 3.26. The summed E-state index contributed by atoms with van der Waals surface area (Å²) in [5, 5.41) is 3.18. The van der Waals surface area contributed by atoms with Gasteiger partial charge in [0, 0.05) is 11.9 Å². The van der Waals surface area contributed by atoms with Crippen LogP contribution in [0.1, 0.15) is 19.5 Å². The molecule has 0 unspecified atom stereocenters. The van der Waals surface area contributed by atoms with Gasteiger partial charge in [0.25, 0.3) is 5.56 Å². The molecule has 4 rings (SSSR count). The Kier molecular flexibility index (Phi) is 6.46. The summed E-state index contributed by atoms with van der Waals surface area (Å²) in [7, 11) is 0. The molecule has 9 heteroatoms. The predicted molar refractivity (Wildman–Crippen MR) is 126 cm³/mol. The van der Waals surface area contributed by atoms with Crippen LogP contribution in [0, 0.1) is 0 Å². The summed E-state index contributed by atoms with van der Waals surface area (Å²) >= 11 is 1.46. The van der Waals surface area contributed by atoms with E-state index in [0.29, 0.717) is 29.7 Å². The third-order valence-corrected chi connectivity index (χ3v) is 5.73. The molecule has 2 heterocycles. The van der Waals surface area contributed by atoms with E-state index in [1.807, 2.05) is 49.6 Å². The number of rotatable bonds is 8. The summed E-state index contributed by atoms with van der Waals surface area (Å²) < 4.78 is 7.15. The molecule has 0 bridgehead atoms. The monoisotopic (exact) mass is 449 g/mol. The van der Waals surface area contributed by atoms with E-state index in [9.17, 15) is 9.59 Å². The van der Waals surface area contributed by atoms with Crippen LogP contribution in [0.5, 0.6) is 5.75 Å². The highest BCUT2D eigenvalue weighted by Crippen LogP contribution is 2.32. The van der Waals surface area contributed by atoms with Crippen molar-refractivity contribution in [2.45, 2.75) is 26.8 Å². The Labute approximate surface area is 188 Å². The molecule has 0 radical (unpaired) electrons. The molecule has 32 heavy (non-hydrogen) atoms. The van der Waals surface area contributed by atoms with E-state index in [4.69, 9.17) is 4.74 Å². The van der Waals surface area contributed by atoms with Crippen LogP contribution in [0.2, 0.25) is 0 Å². The summed E-state index contributed by atoms with van der Waals surface area (Å²) in [6.07, 6.45) is 0.0875. The van der Waals surface area contributed by atoms with E-state index in [0.717, 1.165) is 16.3 Å². The van der Waals surface area contributed by atoms with Crippen molar-refractivity contribution in [1.29, 1.82) is 0 Å². The van der Waals surface area contributed by atoms with Crippen LogP contribution in [0.25, 0.3) is 21.5 Å². The van der Waals surface area contributed by atoms with E-state index in [2.05, 4.69) is 20.8 Å². The molecule has 2 aromatic heterocycles. The maximum atomic E-state index is 12.7. The highest BCUT2D eigenvalue weighted by molar-refractivity contribution is 7.13. The molecular formula is C23H23N5O3S. The summed E-state index contributed by atoms with van der Waals surface area (Å²) in [4.78, 5) is 34.2. The van der Waals surface area contributed by atoms with E-state index in [-0.39, 0.29) is 23.8 Å². The number of thiazole rings is 1. The Hall–Kier alpha value is -3.72. The van der Waals surface area contributed by atoms with Gasteiger partial charge >= 0.3 is 0 Å². The summed E-state index contributed by atoms with van der Waals surface area (Å²) in [6.45, 7) is 4.77.